The quantitative estimate of drug-likeness (QED) is 0.675. The van der Waals surface area contributed by atoms with Crippen LogP contribution in [0.2, 0.25) is 0 Å². The fourth-order valence-corrected chi connectivity index (χ4v) is 5.51. The number of alkyl carbamates (subject to hydrolysis) is 1. The lowest BCUT2D eigenvalue weighted by atomic mass is 9.72. The maximum absolute atomic E-state index is 14.1. The second-order valence-electron chi connectivity index (χ2n) is 9.87. The summed E-state index contributed by atoms with van der Waals surface area (Å²) in [7, 11) is 0. The van der Waals surface area contributed by atoms with Gasteiger partial charge in [-0.1, -0.05) is 6.07 Å². The van der Waals surface area contributed by atoms with Gasteiger partial charge in [0.2, 0.25) is 0 Å². The Bertz CT molecular complexity index is 947. The molecule has 1 N–H and O–H groups in total. The van der Waals surface area contributed by atoms with Crippen molar-refractivity contribution in [2.75, 3.05) is 45.9 Å². The van der Waals surface area contributed by atoms with Crippen molar-refractivity contribution in [1.29, 1.82) is 0 Å². The third-order valence-electron chi connectivity index (χ3n) is 7.43. The highest BCUT2D eigenvalue weighted by Gasteiger charge is 2.51. The van der Waals surface area contributed by atoms with Gasteiger partial charge in [-0.3, -0.25) is 4.90 Å². The zero-order chi connectivity index (χ0) is 23.4. The van der Waals surface area contributed by atoms with E-state index in [9.17, 15) is 27.2 Å². The minimum absolute atomic E-state index is 0.0146. The van der Waals surface area contributed by atoms with E-state index in [0.29, 0.717) is 45.3 Å². The number of hydrogen-bond donors (Lipinski definition) is 1. The Morgan fingerprint density at radius 3 is 2.36 bits per heavy atom. The van der Waals surface area contributed by atoms with Crippen molar-refractivity contribution in [3.8, 4) is 0 Å². The number of likely N-dealkylation sites (tertiary alicyclic amines) is 3. The molecule has 0 unspecified atom stereocenters. The van der Waals surface area contributed by atoms with Gasteiger partial charge in [-0.2, -0.15) is 13.2 Å². The molecule has 0 aliphatic carbocycles. The van der Waals surface area contributed by atoms with Crippen LogP contribution >= 0.6 is 0 Å². The number of alkyl halides is 3. The van der Waals surface area contributed by atoms with Crippen LogP contribution in [-0.2, 0) is 17.5 Å². The topological polar surface area (TPSA) is 65.1 Å². The summed E-state index contributed by atoms with van der Waals surface area (Å²) in [6.45, 7) is 4.40. The van der Waals surface area contributed by atoms with E-state index in [1.807, 2.05) is 9.80 Å². The highest BCUT2D eigenvalue weighted by molar-refractivity contribution is 5.77. The van der Waals surface area contributed by atoms with Crippen LogP contribution in [0.25, 0.3) is 0 Å². The maximum atomic E-state index is 14.1. The number of carbonyl (C=O) groups excluding carboxylic acids is 2. The minimum Gasteiger partial charge on any atom is -0.449 e. The molecule has 4 fully saturated rings. The van der Waals surface area contributed by atoms with E-state index in [1.54, 1.807) is 4.90 Å². The molecule has 4 saturated heterocycles. The third kappa shape index (κ3) is 4.22. The molecule has 7 nitrogen and oxygen atoms in total. The lowest BCUT2D eigenvalue weighted by Crippen LogP contribution is -2.74. The highest BCUT2D eigenvalue weighted by atomic mass is 19.4. The zero-order valence-electron chi connectivity index (χ0n) is 18.1. The number of piperidine rings is 1. The molecule has 5 rings (SSSR count). The van der Waals surface area contributed by atoms with Gasteiger partial charge in [0.15, 0.2) is 0 Å². The fraction of sp³-hybridized carbons (Fsp3) is 0.636. The zero-order valence-corrected chi connectivity index (χ0v) is 18.1. The summed E-state index contributed by atoms with van der Waals surface area (Å²) in [6.07, 6.45) is -2.61. The molecule has 1 aromatic rings. The summed E-state index contributed by atoms with van der Waals surface area (Å²) in [4.78, 5) is 29.9. The van der Waals surface area contributed by atoms with Crippen molar-refractivity contribution < 1.29 is 31.9 Å². The molecule has 180 valence electrons. The predicted octanol–water partition coefficient (Wildman–Crippen LogP) is 3.05. The second kappa shape index (κ2) is 7.75. The molecule has 0 aromatic heterocycles. The lowest BCUT2D eigenvalue weighted by molar-refractivity contribution is -0.137. The van der Waals surface area contributed by atoms with Crippen LogP contribution in [0.1, 0.15) is 30.4 Å². The van der Waals surface area contributed by atoms with Gasteiger partial charge in [0, 0.05) is 57.8 Å². The van der Waals surface area contributed by atoms with Crippen LogP contribution in [0.5, 0.6) is 0 Å². The van der Waals surface area contributed by atoms with Crippen molar-refractivity contribution in [2.24, 2.45) is 5.41 Å². The normalized spacial score (nSPS) is 24.2. The van der Waals surface area contributed by atoms with Crippen LogP contribution in [0.15, 0.2) is 18.2 Å². The van der Waals surface area contributed by atoms with E-state index >= 15 is 0 Å². The molecule has 0 saturated carbocycles. The lowest BCUT2D eigenvalue weighted by Gasteiger charge is -2.56. The smallest absolute Gasteiger partial charge is 0.416 e. The first kappa shape index (κ1) is 22.2. The molecule has 0 atom stereocenters. The molecule has 3 amide bonds. The molecule has 33 heavy (non-hydrogen) atoms. The number of cyclic esters (lactones) is 1. The van der Waals surface area contributed by atoms with Gasteiger partial charge in [-0.25, -0.2) is 14.0 Å². The average Bonchev–Trinajstić information content (AvgIpc) is 2.71. The number of benzene rings is 1. The monoisotopic (exact) mass is 470 g/mol. The summed E-state index contributed by atoms with van der Waals surface area (Å²) >= 11 is 0. The van der Waals surface area contributed by atoms with E-state index in [-0.39, 0.29) is 29.1 Å². The van der Waals surface area contributed by atoms with E-state index in [4.69, 9.17) is 4.74 Å². The van der Waals surface area contributed by atoms with Crippen molar-refractivity contribution in [2.45, 2.75) is 37.5 Å². The van der Waals surface area contributed by atoms with Crippen LogP contribution in [0.4, 0.5) is 27.2 Å². The molecule has 0 radical (unpaired) electrons. The highest BCUT2D eigenvalue weighted by Crippen LogP contribution is 2.42. The molecule has 11 heteroatoms. The van der Waals surface area contributed by atoms with Gasteiger partial charge in [0.25, 0.3) is 0 Å². The van der Waals surface area contributed by atoms with Crippen LogP contribution in [0, 0.1) is 11.2 Å². The SMILES string of the molecule is O=C1NC2(CCO1)CN(C(=O)N1CCC3(CC1)CN(Cc1ccc(C(F)(F)F)cc1F)C3)C2. The fourth-order valence-electron chi connectivity index (χ4n) is 5.51. The molecule has 4 heterocycles. The number of urea groups is 1. The predicted molar refractivity (Wildman–Crippen MR) is 109 cm³/mol. The maximum Gasteiger partial charge on any atom is 0.416 e. The molecule has 0 bridgehead atoms. The number of nitrogens with one attached hydrogen (secondary N) is 1. The number of hydrogen-bond acceptors (Lipinski definition) is 4. The Hall–Kier alpha value is -2.56. The Balaban J connectivity index is 1.08. The van der Waals surface area contributed by atoms with Crippen LogP contribution < -0.4 is 5.32 Å². The number of carbonyl (C=O) groups is 2. The molecule has 2 spiro atoms. The first-order chi connectivity index (χ1) is 15.6. The summed E-state index contributed by atoms with van der Waals surface area (Å²) in [5.41, 5.74) is -1.00. The first-order valence-electron chi connectivity index (χ1n) is 11.1. The van der Waals surface area contributed by atoms with Gasteiger partial charge < -0.3 is 19.9 Å². The second-order valence-corrected chi connectivity index (χ2v) is 9.87. The standard InChI is InChI=1S/C22H26F4N4O3/c23-17-9-16(22(24,25)26)2-1-15(17)10-28-11-20(12-28)3-6-29(7-4-20)19(32)30-13-21(14-30)5-8-33-18(31)27-21/h1-2,9H,3-8,10-14H2,(H,27,31). The van der Waals surface area contributed by atoms with Crippen LogP contribution in [-0.4, -0.2) is 78.2 Å². The average molecular weight is 470 g/mol. The van der Waals surface area contributed by atoms with Crippen molar-refractivity contribution in [1.82, 2.24) is 20.0 Å². The van der Waals surface area contributed by atoms with Gasteiger partial charge >= 0.3 is 18.3 Å². The Morgan fingerprint density at radius 1 is 1.06 bits per heavy atom. The molecule has 4 aliphatic heterocycles. The number of halogens is 4. The van der Waals surface area contributed by atoms with Crippen molar-refractivity contribution in [3.05, 3.63) is 35.1 Å². The summed E-state index contributed by atoms with van der Waals surface area (Å²) in [5, 5.41) is 2.83. The number of ether oxygens (including phenoxy) is 1. The minimum atomic E-state index is -4.55. The van der Waals surface area contributed by atoms with Crippen LogP contribution in [0.3, 0.4) is 0 Å². The first-order valence-corrected chi connectivity index (χ1v) is 11.1. The van der Waals surface area contributed by atoms with Gasteiger partial charge in [0.05, 0.1) is 17.7 Å². The molecule has 4 aliphatic rings. The number of nitrogens with zero attached hydrogens (tertiary/aromatic N) is 3. The third-order valence-corrected chi connectivity index (χ3v) is 7.43. The molecular formula is C22H26F4N4O3. The summed E-state index contributed by atoms with van der Waals surface area (Å²) in [5.74, 6) is -0.834. The van der Waals surface area contributed by atoms with Gasteiger partial charge in [0.1, 0.15) is 5.82 Å². The number of rotatable bonds is 2. The van der Waals surface area contributed by atoms with Crippen molar-refractivity contribution >= 4 is 12.1 Å². The van der Waals surface area contributed by atoms with E-state index in [1.165, 1.54) is 6.07 Å². The van der Waals surface area contributed by atoms with E-state index < -0.39 is 23.7 Å². The Kier molecular flexibility index (Phi) is 5.22. The molecule has 1 aromatic carbocycles. The van der Waals surface area contributed by atoms with Gasteiger partial charge in [-0.05, 0) is 30.4 Å². The summed E-state index contributed by atoms with van der Waals surface area (Å²) in [6, 6.07) is 2.68. The number of amides is 3. The van der Waals surface area contributed by atoms with Crippen molar-refractivity contribution in [3.63, 3.8) is 0 Å². The Labute approximate surface area is 188 Å². The van der Waals surface area contributed by atoms with E-state index in [0.717, 1.165) is 32.0 Å². The molecular weight excluding hydrogens is 444 g/mol. The summed E-state index contributed by atoms with van der Waals surface area (Å²) < 4.78 is 57.2. The van der Waals surface area contributed by atoms with Gasteiger partial charge in [-0.15, -0.1) is 0 Å². The largest absolute Gasteiger partial charge is 0.449 e. The Morgan fingerprint density at radius 2 is 1.76 bits per heavy atom. The van der Waals surface area contributed by atoms with E-state index in [2.05, 4.69) is 5.32 Å².